The number of aliphatic hydroxyl groups excluding tert-OH is 1. The first-order chi connectivity index (χ1) is 52.1. The minimum absolute atomic E-state index is 0.0141. The van der Waals surface area contributed by atoms with Gasteiger partial charge < -0.3 is 97.8 Å². The molecule has 1 fully saturated rings. The molecule has 0 saturated carbocycles. The number of benzene rings is 3. The van der Waals surface area contributed by atoms with Crippen LogP contribution in [0.25, 0.3) is 0 Å². The number of carbonyl (C=O) groups excluding carboxylic acids is 9. The Balaban J connectivity index is 0.646. The molecular formula is C76H105N9O23. The third-order valence-corrected chi connectivity index (χ3v) is 18.0. The fourth-order valence-electron chi connectivity index (χ4n) is 12.2. The van der Waals surface area contributed by atoms with Gasteiger partial charge in [-0.1, -0.05) is 44.1 Å². The first kappa shape index (κ1) is 84.5. The van der Waals surface area contributed by atoms with E-state index in [2.05, 4.69) is 26.3 Å². The van der Waals surface area contributed by atoms with Crippen molar-refractivity contribution >= 4 is 76.6 Å². The van der Waals surface area contributed by atoms with Crippen LogP contribution < -0.4 is 45.1 Å². The quantitative estimate of drug-likeness (QED) is 0.0331. The fourth-order valence-corrected chi connectivity index (χ4v) is 12.2. The maximum atomic E-state index is 14.3. The Morgan fingerprint density at radius 3 is 1.69 bits per heavy atom. The van der Waals surface area contributed by atoms with E-state index >= 15 is 0 Å². The molecule has 3 aromatic carbocycles. The lowest BCUT2D eigenvalue weighted by Gasteiger charge is -2.31. The molecule has 5 aliphatic rings. The molecule has 1 saturated heterocycles. The summed E-state index contributed by atoms with van der Waals surface area (Å²) >= 11 is 0. The van der Waals surface area contributed by atoms with Crippen LogP contribution in [0.3, 0.4) is 0 Å². The summed E-state index contributed by atoms with van der Waals surface area (Å²) < 4.78 is 73.6. The lowest BCUT2D eigenvalue weighted by atomic mass is 10.0. The van der Waals surface area contributed by atoms with Crippen molar-refractivity contribution < 1.29 is 110 Å². The number of nitrogens with one attached hydrogen (secondary N) is 4. The summed E-state index contributed by atoms with van der Waals surface area (Å²) in [6.45, 7) is 16.8. The van der Waals surface area contributed by atoms with Crippen LogP contribution in [-0.2, 0) is 78.0 Å². The molecule has 5 aliphatic heterocycles. The van der Waals surface area contributed by atoms with Gasteiger partial charge in [-0.25, -0.2) is 9.69 Å². The van der Waals surface area contributed by atoms with E-state index in [1.807, 2.05) is 20.0 Å². The average molecular weight is 1510 g/mol. The number of fused-ring (bicyclic) bond motifs is 4. The molecule has 108 heavy (non-hydrogen) atoms. The van der Waals surface area contributed by atoms with Crippen molar-refractivity contribution in [3.05, 3.63) is 88.8 Å². The highest BCUT2D eigenvalue weighted by molar-refractivity contribution is 6.07. The highest BCUT2D eigenvalue weighted by Gasteiger charge is 2.45. The van der Waals surface area contributed by atoms with Crippen LogP contribution in [0.1, 0.15) is 119 Å². The number of unbranched alkanes of at least 4 members (excludes halogenated alkanes) is 2. The summed E-state index contributed by atoms with van der Waals surface area (Å²) in [6, 6.07) is 9.93. The molecular weight excluding hydrogens is 1410 g/mol. The number of hydrogen-bond donors (Lipinski definition) is 5. The molecule has 0 aromatic heterocycles. The topological polar surface area (TPSA) is 367 Å². The highest BCUT2D eigenvalue weighted by atomic mass is 16.6. The molecule has 6 atom stereocenters. The van der Waals surface area contributed by atoms with E-state index in [-0.39, 0.29) is 123 Å². The van der Waals surface area contributed by atoms with E-state index in [4.69, 9.17) is 61.6 Å². The Hall–Kier alpha value is -9.12. The third-order valence-electron chi connectivity index (χ3n) is 18.0. The minimum Gasteiger partial charge on any atom is -0.493 e. The summed E-state index contributed by atoms with van der Waals surface area (Å²) in [5.41, 5.74) is 3.92. The van der Waals surface area contributed by atoms with Crippen LogP contribution >= 0.6 is 0 Å². The number of amides is 9. The molecule has 0 bridgehead atoms. The second-order valence-corrected chi connectivity index (χ2v) is 26.8. The number of aliphatic hydroxyl groups is 1. The van der Waals surface area contributed by atoms with Crippen molar-refractivity contribution in [1.82, 2.24) is 30.7 Å². The molecule has 592 valence electrons. The molecule has 0 aliphatic carbocycles. The Bertz CT molecular complexity index is 3630. The van der Waals surface area contributed by atoms with Gasteiger partial charge in [-0.05, 0) is 88.6 Å². The van der Waals surface area contributed by atoms with E-state index in [0.717, 1.165) is 27.4 Å². The first-order valence-electron chi connectivity index (χ1n) is 36.8. The minimum atomic E-state index is -1.53. The average Bonchev–Trinajstić information content (AvgIpc) is 1.66. The molecule has 5 heterocycles. The Labute approximate surface area is 629 Å². The Morgan fingerprint density at radius 2 is 1.12 bits per heavy atom. The molecule has 0 radical (unpaired) electrons. The van der Waals surface area contributed by atoms with Crippen LogP contribution in [0, 0.1) is 11.8 Å². The summed E-state index contributed by atoms with van der Waals surface area (Å²) in [6.07, 6.45) is 6.02. The highest BCUT2D eigenvalue weighted by Crippen LogP contribution is 2.43. The zero-order valence-corrected chi connectivity index (χ0v) is 63.1. The standard InChI is InChI=1S/C76H105N9O23/c1-49(2)69(81-67(87)17-22-98-24-26-100-28-30-102-32-34-104-36-37-105-35-33-103-31-29-101-27-25-99-23-18-77-66(86)16-19-82-68(88)40-52(5)72(82)91)71(90)79-53(6)70(89)80-55-14-12-54(13-15-55)48-108-76(95)85-60-44-65(63(97-8)42-58(60)74(93)84-47-51(4)39-61(84)75(85)94)107-21-11-9-10-20-106-64-43-59-57(41-62(64)96-7)73(92)83-46-50(3)38-56(83)45-78-59/h12-15,41-47,49,52-53,56,61,69,75,94H,9-11,16-40,48H2,1-8H3,(H,77,86)(H,79,90)(H,80,89)(H,81,87)/t52?,53-,56-,61?,69-,75-/m0/s1. The number of likely N-dealkylation sites (tertiary alicyclic amines) is 1. The Kier molecular flexibility index (Phi) is 34.2. The number of ether oxygens (including phenoxy) is 13. The van der Waals surface area contributed by atoms with Gasteiger partial charge >= 0.3 is 6.09 Å². The third kappa shape index (κ3) is 25.2. The number of rotatable bonds is 48. The lowest BCUT2D eigenvalue weighted by Crippen LogP contribution is -2.53. The van der Waals surface area contributed by atoms with Gasteiger partial charge in [0.2, 0.25) is 35.4 Å². The predicted octanol–water partition coefficient (Wildman–Crippen LogP) is 5.77. The zero-order chi connectivity index (χ0) is 77.5. The molecule has 8 rings (SSSR count). The number of methoxy groups -OCH3 is 2. The van der Waals surface area contributed by atoms with Gasteiger partial charge in [0.1, 0.15) is 18.7 Å². The SMILES string of the molecule is COc1cc2c(cc1OCCCCCOc1cc3c(cc1OC)C(=O)N1C=C(C)CC1[C@H](O)N3C(=O)OCc1ccc(NC(=O)[C@H](C)NC(=O)[C@@H](NC(=O)CCOCCOCCOCCOCCOCCOCCOCCOCCNC(=O)CCN3C(=O)CC(C)C3=O)C(C)C)cc1)N=C[C@@H]1CC(C)=CN1C2=O. The van der Waals surface area contributed by atoms with Crippen molar-refractivity contribution in [2.75, 3.05) is 156 Å². The maximum Gasteiger partial charge on any atom is 0.416 e. The van der Waals surface area contributed by atoms with E-state index in [0.29, 0.717) is 159 Å². The fraction of sp³-hybridized carbons (Fsp3) is 0.579. The molecule has 32 heteroatoms. The summed E-state index contributed by atoms with van der Waals surface area (Å²) in [5.74, 6) is -2.11. The van der Waals surface area contributed by atoms with Crippen molar-refractivity contribution in [3.8, 4) is 23.0 Å². The van der Waals surface area contributed by atoms with Gasteiger partial charge in [0, 0.05) is 74.7 Å². The van der Waals surface area contributed by atoms with Crippen molar-refractivity contribution in [2.24, 2.45) is 16.8 Å². The molecule has 3 aromatic rings. The monoisotopic (exact) mass is 1510 g/mol. The van der Waals surface area contributed by atoms with Crippen LogP contribution in [0.15, 0.2) is 77.1 Å². The number of nitrogens with zero attached hydrogens (tertiary/aromatic N) is 5. The van der Waals surface area contributed by atoms with Crippen molar-refractivity contribution in [2.45, 2.75) is 130 Å². The predicted molar refractivity (Wildman–Crippen MR) is 393 cm³/mol. The summed E-state index contributed by atoms with van der Waals surface area (Å²) in [5, 5.41) is 22.9. The van der Waals surface area contributed by atoms with Crippen molar-refractivity contribution in [1.29, 1.82) is 0 Å². The van der Waals surface area contributed by atoms with Crippen LogP contribution in [-0.4, -0.2) is 256 Å². The van der Waals surface area contributed by atoms with E-state index in [1.54, 1.807) is 74.5 Å². The normalized spacial score (nSPS) is 17.8. The second-order valence-electron chi connectivity index (χ2n) is 26.8. The first-order valence-corrected chi connectivity index (χ1v) is 36.8. The molecule has 0 spiro atoms. The number of aliphatic imine (C=N–C) groups is 1. The molecule has 32 nitrogen and oxygen atoms in total. The van der Waals surface area contributed by atoms with Gasteiger partial charge in [0.05, 0.1) is 168 Å². The molecule has 2 unspecified atom stereocenters. The van der Waals surface area contributed by atoms with Gasteiger partial charge in [0.25, 0.3) is 11.8 Å². The number of imide groups is 1. The van der Waals surface area contributed by atoms with Crippen LogP contribution in [0.5, 0.6) is 23.0 Å². The largest absolute Gasteiger partial charge is 0.493 e. The van der Waals surface area contributed by atoms with Gasteiger partial charge in [0.15, 0.2) is 29.2 Å². The molecule has 5 N–H and O–H groups in total. The van der Waals surface area contributed by atoms with E-state index in [9.17, 15) is 48.3 Å². The lowest BCUT2D eigenvalue weighted by molar-refractivity contribution is -0.139. The number of hydrogen-bond acceptors (Lipinski definition) is 24. The van der Waals surface area contributed by atoms with Gasteiger partial charge in [-0.15, -0.1) is 0 Å². The van der Waals surface area contributed by atoms with Gasteiger partial charge in [-0.2, -0.15) is 0 Å². The number of carbonyl (C=O) groups is 9. The van der Waals surface area contributed by atoms with Crippen molar-refractivity contribution in [3.63, 3.8) is 0 Å². The number of anilines is 2. The Morgan fingerprint density at radius 1 is 0.583 bits per heavy atom. The van der Waals surface area contributed by atoms with Crippen LogP contribution in [0.4, 0.5) is 21.9 Å². The zero-order valence-electron chi connectivity index (χ0n) is 63.1. The summed E-state index contributed by atoms with van der Waals surface area (Å²) in [4.78, 5) is 127. The van der Waals surface area contributed by atoms with E-state index in [1.165, 1.54) is 38.2 Å². The maximum absolute atomic E-state index is 14.3. The second kappa shape index (κ2) is 43.8. The summed E-state index contributed by atoms with van der Waals surface area (Å²) in [7, 11) is 2.96. The van der Waals surface area contributed by atoms with E-state index < -0.39 is 54.1 Å². The van der Waals surface area contributed by atoms with Gasteiger partial charge in [-0.3, -0.25) is 48.2 Å². The van der Waals surface area contributed by atoms with Crippen LogP contribution in [0.2, 0.25) is 0 Å². The molecule has 9 amide bonds. The smallest absolute Gasteiger partial charge is 0.416 e.